The standard InChI is InChI=1S/C24H27N5O3/c1-15-18(13-25)20-22(32-23(26-20)24(30)28(4)31-5)21(19(15)16-9-7-6-8-10-16)29-12-11-17(14-29)27(2)3/h6-10,17H,11-12,14H2,1-5H3/t17-/m0/s1. The first-order valence-corrected chi connectivity index (χ1v) is 10.5. The van der Waals surface area contributed by atoms with Crippen LogP contribution in [-0.4, -0.2) is 68.2 Å². The van der Waals surface area contributed by atoms with E-state index in [2.05, 4.69) is 34.9 Å². The number of carbonyl (C=O) groups is 1. The molecule has 1 aliphatic heterocycles. The van der Waals surface area contributed by atoms with Crippen molar-refractivity contribution in [1.82, 2.24) is 14.9 Å². The van der Waals surface area contributed by atoms with Crippen LogP contribution < -0.4 is 4.90 Å². The second-order valence-corrected chi connectivity index (χ2v) is 8.24. The lowest BCUT2D eigenvalue weighted by Gasteiger charge is -2.25. The van der Waals surface area contributed by atoms with E-state index in [1.54, 1.807) is 0 Å². The summed E-state index contributed by atoms with van der Waals surface area (Å²) in [6, 6.07) is 12.7. The Hall–Kier alpha value is -3.41. The first-order valence-electron chi connectivity index (χ1n) is 10.5. The largest absolute Gasteiger partial charge is 0.430 e. The molecule has 2 heterocycles. The first kappa shape index (κ1) is 21.8. The second kappa shape index (κ2) is 8.61. The average molecular weight is 434 g/mol. The van der Waals surface area contributed by atoms with Crippen molar-refractivity contribution in [2.75, 3.05) is 46.2 Å². The average Bonchev–Trinajstić information content (AvgIpc) is 3.46. The highest BCUT2D eigenvalue weighted by atomic mass is 16.7. The fourth-order valence-electron chi connectivity index (χ4n) is 4.32. The summed E-state index contributed by atoms with van der Waals surface area (Å²) in [6.07, 6.45) is 1.01. The van der Waals surface area contributed by atoms with E-state index in [-0.39, 0.29) is 5.89 Å². The summed E-state index contributed by atoms with van der Waals surface area (Å²) in [7, 11) is 7.05. The van der Waals surface area contributed by atoms with Gasteiger partial charge >= 0.3 is 5.91 Å². The number of oxazole rings is 1. The van der Waals surface area contributed by atoms with Crippen LogP contribution in [0, 0.1) is 18.3 Å². The molecule has 1 atom stereocenters. The molecule has 32 heavy (non-hydrogen) atoms. The molecule has 8 nitrogen and oxygen atoms in total. The zero-order valence-corrected chi connectivity index (χ0v) is 19.0. The zero-order valence-electron chi connectivity index (χ0n) is 19.0. The Morgan fingerprint density at radius 3 is 2.59 bits per heavy atom. The Morgan fingerprint density at radius 2 is 2.00 bits per heavy atom. The normalized spacial score (nSPS) is 16.0. The molecule has 3 aromatic rings. The van der Waals surface area contributed by atoms with Crippen LogP contribution in [0.25, 0.3) is 22.2 Å². The molecule has 2 aromatic carbocycles. The summed E-state index contributed by atoms with van der Waals surface area (Å²) in [5.41, 5.74) is 4.89. The van der Waals surface area contributed by atoms with Gasteiger partial charge < -0.3 is 14.2 Å². The van der Waals surface area contributed by atoms with E-state index in [1.807, 2.05) is 37.3 Å². The number of rotatable bonds is 5. The van der Waals surface area contributed by atoms with Crippen molar-refractivity contribution in [2.24, 2.45) is 0 Å². The van der Waals surface area contributed by atoms with E-state index in [9.17, 15) is 10.1 Å². The number of likely N-dealkylation sites (N-methyl/N-ethyl adjacent to an activating group) is 1. The molecule has 166 valence electrons. The van der Waals surface area contributed by atoms with Gasteiger partial charge in [0.2, 0.25) is 0 Å². The lowest BCUT2D eigenvalue weighted by atomic mass is 9.93. The van der Waals surface area contributed by atoms with Crippen LogP contribution in [0.3, 0.4) is 0 Å². The fraction of sp³-hybridized carbons (Fsp3) is 0.375. The van der Waals surface area contributed by atoms with Gasteiger partial charge in [-0.05, 0) is 38.6 Å². The van der Waals surface area contributed by atoms with Crippen molar-refractivity contribution in [1.29, 1.82) is 5.26 Å². The monoisotopic (exact) mass is 433 g/mol. The summed E-state index contributed by atoms with van der Waals surface area (Å²) < 4.78 is 6.06. The topological polar surface area (TPSA) is 85.8 Å². The fourth-order valence-corrected chi connectivity index (χ4v) is 4.32. The van der Waals surface area contributed by atoms with Gasteiger partial charge in [0.1, 0.15) is 11.6 Å². The highest BCUT2D eigenvalue weighted by Crippen LogP contribution is 2.44. The number of hydrogen-bond donors (Lipinski definition) is 0. The predicted octanol–water partition coefficient (Wildman–Crippen LogP) is 3.45. The van der Waals surface area contributed by atoms with Gasteiger partial charge in [-0.25, -0.2) is 10.0 Å². The van der Waals surface area contributed by atoms with E-state index < -0.39 is 5.91 Å². The van der Waals surface area contributed by atoms with Gasteiger partial charge in [-0.3, -0.25) is 9.63 Å². The number of hydroxylamine groups is 2. The van der Waals surface area contributed by atoms with E-state index >= 15 is 0 Å². The number of benzene rings is 2. The van der Waals surface area contributed by atoms with Gasteiger partial charge in [0.15, 0.2) is 5.58 Å². The maximum Gasteiger partial charge on any atom is 0.332 e. The smallest absolute Gasteiger partial charge is 0.332 e. The molecule has 0 spiro atoms. The third-order valence-corrected chi connectivity index (χ3v) is 6.19. The lowest BCUT2D eigenvalue weighted by molar-refractivity contribution is -0.0776. The molecule has 0 aliphatic carbocycles. The molecule has 0 unspecified atom stereocenters. The molecule has 1 amide bonds. The molecule has 0 saturated carbocycles. The van der Waals surface area contributed by atoms with Crippen LogP contribution in [-0.2, 0) is 4.84 Å². The van der Waals surface area contributed by atoms with E-state index in [4.69, 9.17) is 9.25 Å². The maximum absolute atomic E-state index is 12.7. The molecular formula is C24H27N5O3. The third-order valence-electron chi connectivity index (χ3n) is 6.19. The molecule has 1 aromatic heterocycles. The van der Waals surface area contributed by atoms with Crippen LogP contribution in [0.4, 0.5) is 5.69 Å². The van der Waals surface area contributed by atoms with E-state index in [1.165, 1.54) is 14.2 Å². The van der Waals surface area contributed by atoms with Gasteiger partial charge in [0, 0.05) is 31.7 Å². The molecule has 1 saturated heterocycles. The molecule has 0 radical (unpaired) electrons. The summed E-state index contributed by atoms with van der Waals surface area (Å²) in [6.45, 7) is 3.58. The summed E-state index contributed by atoms with van der Waals surface area (Å²) in [4.78, 5) is 26.6. The Morgan fingerprint density at radius 1 is 1.28 bits per heavy atom. The van der Waals surface area contributed by atoms with Crippen molar-refractivity contribution in [3.05, 3.63) is 47.3 Å². The first-order chi connectivity index (χ1) is 15.4. The number of aromatic nitrogens is 1. The van der Waals surface area contributed by atoms with Gasteiger partial charge in [-0.2, -0.15) is 5.26 Å². The minimum absolute atomic E-state index is 0.102. The minimum Gasteiger partial charge on any atom is -0.430 e. The maximum atomic E-state index is 12.7. The van der Waals surface area contributed by atoms with Crippen molar-refractivity contribution in [3.8, 4) is 17.2 Å². The number of amides is 1. The predicted molar refractivity (Wildman–Crippen MR) is 122 cm³/mol. The van der Waals surface area contributed by atoms with Crippen LogP contribution in [0.2, 0.25) is 0 Å². The Labute approximate surface area is 187 Å². The van der Waals surface area contributed by atoms with Gasteiger partial charge in [-0.15, -0.1) is 0 Å². The minimum atomic E-state index is -0.509. The van der Waals surface area contributed by atoms with Crippen LogP contribution in [0.5, 0.6) is 0 Å². The van der Waals surface area contributed by atoms with Crippen LogP contribution in [0.1, 0.15) is 28.2 Å². The summed E-state index contributed by atoms with van der Waals surface area (Å²) in [5.74, 6) is -0.611. The molecule has 4 rings (SSSR count). The van der Waals surface area contributed by atoms with Gasteiger partial charge in [0.05, 0.1) is 18.4 Å². The zero-order chi connectivity index (χ0) is 23.0. The SMILES string of the molecule is CON(C)C(=O)c1nc2c(C#N)c(C)c(-c3ccccc3)c(N3CC[C@H](N(C)C)C3)c2o1. The molecule has 1 aliphatic rings. The van der Waals surface area contributed by atoms with Crippen molar-refractivity contribution < 1.29 is 14.0 Å². The lowest BCUT2D eigenvalue weighted by Crippen LogP contribution is -2.31. The highest BCUT2D eigenvalue weighted by Gasteiger charge is 2.32. The van der Waals surface area contributed by atoms with Crippen LogP contribution >= 0.6 is 0 Å². The number of nitrogens with zero attached hydrogens (tertiary/aromatic N) is 5. The highest BCUT2D eigenvalue weighted by molar-refractivity contribution is 6.04. The van der Waals surface area contributed by atoms with Gasteiger partial charge in [0.25, 0.3) is 5.89 Å². The number of carbonyl (C=O) groups excluding carboxylic acids is 1. The van der Waals surface area contributed by atoms with Crippen LogP contribution in [0.15, 0.2) is 34.7 Å². The second-order valence-electron chi connectivity index (χ2n) is 8.24. The Balaban J connectivity index is 2.02. The molecule has 8 heteroatoms. The number of fused-ring (bicyclic) bond motifs is 1. The van der Waals surface area contributed by atoms with Gasteiger partial charge in [-0.1, -0.05) is 30.3 Å². The van der Waals surface area contributed by atoms with E-state index in [0.29, 0.717) is 22.7 Å². The summed E-state index contributed by atoms with van der Waals surface area (Å²) in [5, 5.41) is 11.0. The van der Waals surface area contributed by atoms with Crippen molar-refractivity contribution in [2.45, 2.75) is 19.4 Å². The quantitative estimate of drug-likeness (QED) is 0.570. The molecule has 0 N–H and O–H groups in total. The Kier molecular flexibility index (Phi) is 5.87. The van der Waals surface area contributed by atoms with Crippen molar-refractivity contribution in [3.63, 3.8) is 0 Å². The molecule has 1 fully saturated rings. The van der Waals surface area contributed by atoms with Crippen molar-refractivity contribution >= 4 is 22.7 Å². The third kappa shape index (κ3) is 3.60. The van der Waals surface area contributed by atoms with E-state index in [0.717, 1.165) is 47.0 Å². The number of anilines is 1. The summed E-state index contributed by atoms with van der Waals surface area (Å²) >= 11 is 0. The molecule has 0 bridgehead atoms. The Bertz CT molecular complexity index is 1200. The molecular weight excluding hydrogens is 406 g/mol. The number of hydrogen-bond acceptors (Lipinski definition) is 7. The number of nitriles is 1.